The van der Waals surface area contributed by atoms with Gasteiger partial charge in [0.2, 0.25) is 0 Å². The number of fused-ring (bicyclic) bond motifs is 1. The number of benzene rings is 1. The van der Waals surface area contributed by atoms with E-state index in [4.69, 9.17) is 0 Å². The number of nitrogens with zero attached hydrogens (tertiary/aromatic N) is 1. The van der Waals surface area contributed by atoms with Crippen molar-refractivity contribution in [1.82, 2.24) is 10.3 Å². The molecule has 0 radical (unpaired) electrons. The van der Waals surface area contributed by atoms with Crippen LogP contribution in [0.3, 0.4) is 0 Å². The Morgan fingerprint density at radius 3 is 2.59 bits per heavy atom. The van der Waals surface area contributed by atoms with Crippen molar-refractivity contribution in [2.45, 2.75) is 38.1 Å². The summed E-state index contributed by atoms with van der Waals surface area (Å²) in [5, 5.41) is 6.61. The van der Waals surface area contributed by atoms with Gasteiger partial charge in [0.15, 0.2) is 0 Å². The van der Waals surface area contributed by atoms with Crippen LogP contribution in [0.1, 0.15) is 43.9 Å². The van der Waals surface area contributed by atoms with Crippen LogP contribution in [0.4, 0.5) is 5.82 Å². The average molecular weight is 424 g/mol. The van der Waals surface area contributed by atoms with Crippen LogP contribution < -0.4 is 10.6 Å². The van der Waals surface area contributed by atoms with Crippen molar-refractivity contribution >= 4 is 33.7 Å². The maximum atomic E-state index is 13.2. The van der Waals surface area contributed by atoms with E-state index in [0.717, 1.165) is 44.7 Å². The second-order valence-corrected chi connectivity index (χ2v) is 8.73. The van der Waals surface area contributed by atoms with Crippen LogP contribution in [-0.4, -0.2) is 16.4 Å². The van der Waals surface area contributed by atoms with E-state index in [1.807, 2.05) is 32.0 Å². The first kappa shape index (κ1) is 18.0. The molecule has 0 aliphatic carbocycles. The largest absolute Gasteiger partial charge is 0.347 e. The highest BCUT2D eigenvalue weighted by atomic mass is 79.9. The van der Waals surface area contributed by atoms with Crippen molar-refractivity contribution in [3.8, 4) is 0 Å². The Hall–Kier alpha value is -2.40. The zero-order valence-corrected chi connectivity index (χ0v) is 17.3. The van der Waals surface area contributed by atoms with Crippen LogP contribution in [0, 0.1) is 0 Å². The van der Waals surface area contributed by atoms with Crippen LogP contribution in [0.15, 0.2) is 58.9 Å². The highest BCUT2D eigenvalue weighted by Gasteiger charge is 2.49. The molecule has 0 spiro atoms. The number of aromatic nitrogens is 1. The Bertz CT molecular complexity index is 994. The summed E-state index contributed by atoms with van der Waals surface area (Å²) >= 11 is 3.75. The Balaban J connectivity index is 2.07. The van der Waals surface area contributed by atoms with Gasteiger partial charge in [-0.15, -0.1) is 0 Å². The second kappa shape index (κ2) is 6.06. The van der Waals surface area contributed by atoms with Crippen molar-refractivity contribution in [3.05, 3.63) is 75.5 Å². The van der Waals surface area contributed by atoms with Crippen LogP contribution in [0.25, 0.3) is 6.08 Å². The highest BCUT2D eigenvalue weighted by molar-refractivity contribution is 9.10. The van der Waals surface area contributed by atoms with E-state index in [1.54, 1.807) is 12.3 Å². The molecule has 0 saturated heterocycles. The van der Waals surface area contributed by atoms with Crippen molar-refractivity contribution in [3.63, 3.8) is 0 Å². The zero-order valence-electron chi connectivity index (χ0n) is 15.7. The Morgan fingerprint density at radius 2 is 1.93 bits per heavy atom. The van der Waals surface area contributed by atoms with Gasteiger partial charge < -0.3 is 10.6 Å². The molecule has 5 heteroatoms. The van der Waals surface area contributed by atoms with Gasteiger partial charge in [0.25, 0.3) is 5.91 Å². The molecular weight excluding hydrogens is 402 g/mol. The molecule has 2 aliphatic rings. The highest BCUT2D eigenvalue weighted by Crippen LogP contribution is 2.51. The van der Waals surface area contributed by atoms with Gasteiger partial charge in [-0.1, -0.05) is 43.0 Å². The van der Waals surface area contributed by atoms with Gasteiger partial charge >= 0.3 is 0 Å². The zero-order chi connectivity index (χ0) is 19.4. The Kier molecular flexibility index (Phi) is 4.04. The SMILES string of the molecule is C=Cc1cnc2c(c1Br)C(C)(c1ccccc1)C1=C(CC(C)(C)NC1=O)N2. The maximum Gasteiger partial charge on any atom is 0.250 e. The van der Waals surface area contributed by atoms with Gasteiger partial charge in [0, 0.05) is 39.5 Å². The first-order chi connectivity index (χ1) is 12.8. The van der Waals surface area contributed by atoms with E-state index in [2.05, 4.69) is 57.2 Å². The molecule has 0 fully saturated rings. The quantitative estimate of drug-likeness (QED) is 0.730. The predicted molar refractivity (Wildman–Crippen MR) is 112 cm³/mol. The summed E-state index contributed by atoms with van der Waals surface area (Å²) in [4.78, 5) is 17.9. The third-order valence-corrected chi connectivity index (χ3v) is 6.34. The standard InChI is InChI=1S/C22H22BrN3O/c1-5-13-12-24-19-17(18(13)23)22(4,14-9-7-6-8-10-14)16-15(25-19)11-21(2,3)26-20(16)27/h5-10,12H,1,11H2,2-4H3,(H,24,25)(H,26,27). The first-order valence-corrected chi connectivity index (χ1v) is 9.77. The maximum absolute atomic E-state index is 13.2. The van der Waals surface area contributed by atoms with Gasteiger partial charge in [0.05, 0.1) is 11.0 Å². The van der Waals surface area contributed by atoms with Gasteiger partial charge in [-0.05, 0) is 42.3 Å². The normalized spacial score (nSPS) is 23.0. The molecule has 1 unspecified atom stereocenters. The third kappa shape index (κ3) is 2.64. The van der Waals surface area contributed by atoms with E-state index in [-0.39, 0.29) is 11.4 Å². The van der Waals surface area contributed by atoms with Crippen molar-refractivity contribution < 1.29 is 4.79 Å². The number of hydrogen-bond donors (Lipinski definition) is 2. The minimum absolute atomic E-state index is 0.0401. The number of nitrogens with one attached hydrogen (secondary N) is 2. The molecule has 0 saturated carbocycles. The summed E-state index contributed by atoms with van der Waals surface area (Å²) in [7, 11) is 0. The van der Waals surface area contributed by atoms with Crippen LogP contribution in [-0.2, 0) is 10.2 Å². The van der Waals surface area contributed by atoms with Crippen molar-refractivity contribution in [2.24, 2.45) is 0 Å². The predicted octanol–water partition coefficient (Wildman–Crippen LogP) is 4.77. The van der Waals surface area contributed by atoms with Crippen molar-refractivity contribution in [2.75, 3.05) is 5.32 Å². The molecule has 2 aromatic rings. The molecule has 2 aliphatic heterocycles. The number of hydrogen-bond acceptors (Lipinski definition) is 3. The van der Waals surface area contributed by atoms with E-state index in [0.29, 0.717) is 0 Å². The van der Waals surface area contributed by atoms with Crippen LogP contribution in [0.5, 0.6) is 0 Å². The fraction of sp³-hybridized carbons (Fsp3) is 0.273. The van der Waals surface area contributed by atoms with Crippen LogP contribution in [0.2, 0.25) is 0 Å². The topological polar surface area (TPSA) is 54.0 Å². The van der Waals surface area contributed by atoms with Crippen LogP contribution >= 0.6 is 15.9 Å². The summed E-state index contributed by atoms with van der Waals surface area (Å²) in [6.07, 6.45) is 4.29. The second-order valence-electron chi connectivity index (χ2n) is 7.94. The molecule has 4 rings (SSSR count). The third-order valence-electron chi connectivity index (χ3n) is 5.48. The molecule has 2 N–H and O–H groups in total. The summed E-state index contributed by atoms with van der Waals surface area (Å²) in [6, 6.07) is 10.1. The van der Waals surface area contributed by atoms with E-state index < -0.39 is 5.41 Å². The summed E-state index contributed by atoms with van der Waals surface area (Å²) in [5.41, 5.74) is 3.66. The molecule has 1 aromatic heterocycles. The summed E-state index contributed by atoms with van der Waals surface area (Å²) in [6.45, 7) is 10.1. The number of anilines is 1. The molecule has 1 atom stereocenters. The van der Waals surface area contributed by atoms with E-state index >= 15 is 0 Å². The lowest BCUT2D eigenvalue weighted by molar-refractivity contribution is -0.120. The number of carbonyl (C=O) groups excluding carboxylic acids is 1. The van der Waals surface area contributed by atoms with Crippen molar-refractivity contribution in [1.29, 1.82) is 0 Å². The lowest BCUT2D eigenvalue weighted by atomic mass is 9.66. The number of carbonyl (C=O) groups is 1. The van der Waals surface area contributed by atoms with E-state index in [9.17, 15) is 4.79 Å². The fourth-order valence-electron chi connectivity index (χ4n) is 4.24. The lowest BCUT2D eigenvalue weighted by Gasteiger charge is -2.45. The number of halogens is 1. The molecule has 138 valence electrons. The molecule has 3 heterocycles. The lowest BCUT2D eigenvalue weighted by Crippen LogP contribution is -2.54. The Morgan fingerprint density at radius 1 is 1.22 bits per heavy atom. The van der Waals surface area contributed by atoms with Gasteiger partial charge in [-0.2, -0.15) is 0 Å². The number of rotatable bonds is 2. The van der Waals surface area contributed by atoms with Gasteiger partial charge in [-0.3, -0.25) is 4.79 Å². The summed E-state index contributed by atoms with van der Waals surface area (Å²) in [5.74, 6) is 0.740. The average Bonchev–Trinajstić information content (AvgIpc) is 2.61. The smallest absolute Gasteiger partial charge is 0.250 e. The molecule has 27 heavy (non-hydrogen) atoms. The molecule has 1 aromatic carbocycles. The molecule has 0 bridgehead atoms. The minimum atomic E-state index is -0.636. The fourth-order valence-corrected chi connectivity index (χ4v) is 5.09. The first-order valence-electron chi connectivity index (χ1n) is 8.98. The Labute approximate surface area is 167 Å². The number of amides is 1. The van der Waals surface area contributed by atoms with Gasteiger partial charge in [-0.25, -0.2) is 4.98 Å². The summed E-state index contributed by atoms with van der Waals surface area (Å²) < 4.78 is 0.908. The monoisotopic (exact) mass is 423 g/mol. The molecule has 1 amide bonds. The van der Waals surface area contributed by atoms with E-state index in [1.165, 1.54) is 0 Å². The minimum Gasteiger partial charge on any atom is -0.347 e. The molecular formula is C22H22BrN3O. The van der Waals surface area contributed by atoms with Gasteiger partial charge in [0.1, 0.15) is 5.82 Å². The number of pyridine rings is 1. The molecule has 4 nitrogen and oxygen atoms in total.